The van der Waals surface area contributed by atoms with Crippen LogP contribution in [0.2, 0.25) is 0 Å². The quantitative estimate of drug-likeness (QED) is 0.658. The Balaban J connectivity index is 1.87. The summed E-state index contributed by atoms with van der Waals surface area (Å²) in [7, 11) is 0. The molecule has 1 aliphatic heterocycles. The summed E-state index contributed by atoms with van der Waals surface area (Å²) in [5.74, 6) is 2.12. The Labute approximate surface area is 165 Å². The smallest absolute Gasteiger partial charge is 0.229 e. The molecule has 3 rings (SSSR count). The van der Waals surface area contributed by atoms with Crippen molar-refractivity contribution in [2.45, 2.75) is 91.4 Å². The van der Waals surface area contributed by atoms with E-state index in [9.17, 15) is 4.79 Å². The van der Waals surface area contributed by atoms with E-state index in [1.165, 1.54) is 18.4 Å². The van der Waals surface area contributed by atoms with Crippen LogP contribution in [0.1, 0.15) is 79.2 Å². The van der Waals surface area contributed by atoms with Crippen molar-refractivity contribution in [2.75, 3.05) is 4.90 Å². The number of anilines is 1. The Morgan fingerprint density at radius 2 is 1.81 bits per heavy atom. The molecule has 2 fully saturated rings. The normalized spacial score (nSPS) is 29.6. The molecule has 1 saturated heterocycles. The van der Waals surface area contributed by atoms with E-state index in [-0.39, 0.29) is 23.7 Å². The number of para-hydroxylation sites is 1. The van der Waals surface area contributed by atoms with Gasteiger partial charge in [-0.25, -0.2) is 0 Å². The van der Waals surface area contributed by atoms with Gasteiger partial charge in [-0.15, -0.1) is 0 Å². The van der Waals surface area contributed by atoms with Gasteiger partial charge in [-0.3, -0.25) is 9.69 Å². The molecule has 3 heteroatoms. The van der Waals surface area contributed by atoms with E-state index in [1.54, 1.807) is 0 Å². The molecule has 1 amide bonds. The summed E-state index contributed by atoms with van der Waals surface area (Å²) in [6.07, 6.45) is 5.16. The van der Waals surface area contributed by atoms with Crippen LogP contribution in [0, 0.1) is 17.8 Å². The van der Waals surface area contributed by atoms with Crippen LogP contribution < -0.4 is 4.90 Å². The van der Waals surface area contributed by atoms with Crippen molar-refractivity contribution in [2.24, 2.45) is 17.8 Å². The van der Waals surface area contributed by atoms with Gasteiger partial charge in [0, 0.05) is 12.8 Å². The number of carbonyl (C=O) groups excluding carboxylic acids is 1. The van der Waals surface area contributed by atoms with Crippen molar-refractivity contribution in [3.8, 4) is 0 Å². The minimum atomic E-state index is -0.127. The number of hydrogen-bond donors (Lipinski definition) is 0. The molecule has 27 heavy (non-hydrogen) atoms. The number of rotatable bonds is 4. The fourth-order valence-electron chi connectivity index (χ4n) is 4.87. The summed E-state index contributed by atoms with van der Waals surface area (Å²) in [6.45, 7) is 13.6. The molecule has 1 saturated carbocycles. The fraction of sp³-hybridized carbons (Fsp3) is 0.708. The van der Waals surface area contributed by atoms with Gasteiger partial charge >= 0.3 is 0 Å². The highest BCUT2D eigenvalue weighted by molar-refractivity contribution is 5.96. The summed E-state index contributed by atoms with van der Waals surface area (Å²) in [6, 6.07) is 8.34. The molecule has 0 spiro atoms. The molecule has 0 N–H and O–H groups in total. The van der Waals surface area contributed by atoms with Gasteiger partial charge in [-0.05, 0) is 47.6 Å². The third-order valence-corrected chi connectivity index (χ3v) is 6.43. The summed E-state index contributed by atoms with van der Waals surface area (Å²) >= 11 is 0. The molecule has 1 aliphatic carbocycles. The van der Waals surface area contributed by atoms with Gasteiger partial charge in [-0.2, -0.15) is 0 Å². The molecule has 0 radical (unpaired) electrons. The fourth-order valence-corrected chi connectivity index (χ4v) is 4.87. The zero-order valence-corrected chi connectivity index (χ0v) is 18.0. The molecule has 2 aliphatic rings. The summed E-state index contributed by atoms with van der Waals surface area (Å²) in [5, 5.41) is 0. The van der Waals surface area contributed by atoms with Crippen LogP contribution in [0.25, 0.3) is 0 Å². The first kappa shape index (κ1) is 20.4. The highest BCUT2D eigenvalue weighted by Crippen LogP contribution is 2.40. The van der Waals surface area contributed by atoms with Crippen LogP contribution in [-0.2, 0) is 14.9 Å². The molecule has 0 aromatic heterocycles. The van der Waals surface area contributed by atoms with Crippen molar-refractivity contribution in [1.29, 1.82) is 0 Å². The second-order valence-corrected chi connectivity index (χ2v) is 10.0. The zero-order valence-electron chi connectivity index (χ0n) is 18.0. The lowest BCUT2D eigenvalue weighted by Crippen LogP contribution is -2.43. The van der Waals surface area contributed by atoms with Gasteiger partial charge < -0.3 is 4.74 Å². The molecule has 150 valence electrons. The van der Waals surface area contributed by atoms with Crippen LogP contribution in [0.3, 0.4) is 0 Å². The van der Waals surface area contributed by atoms with Crippen molar-refractivity contribution < 1.29 is 9.53 Å². The van der Waals surface area contributed by atoms with E-state index in [4.69, 9.17) is 4.74 Å². The van der Waals surface area contributed by atoms with Gasteiger partial charge in [0.2, 0.25) is 5.91 Å². The maximum Gasteiger partial charge on any atom is 0.229 e. The first-order chi connectivity index (χ1) is 12.7. The van der Waals surface area contributed by atoms with E-state index in [1.807, 2.05) is 11.0 Å². The monoisotopic (exact) mass is 371 g/mol. The van der Waals surface area contributed by atoms with Gasteiger partial charge in [0.05, 0.1) is 11.8 Å². The highest BCUT2D eigenvalue weighted by atomic mass is 16.5. The Bertz CT molecular complexity index is 661. The van der Waals surface area contributed by atoms with E-state index >= 15 is 0 Å². The molecule has 1 aromatic rings. The first-order valence-electron chi connectivity index (χ1n) is 10.8. The molecule has 3 nitrogen and oxygen atoms in total. The van der Waals surface area contributed by atoms with Crippen LogP contribution >= 0.6 is 0 Å². The van der Waals surface area contributed by atoms with Crippen molar-refractivity contribution in [1.82, 2.24) is 0 Å². The molecule has 1 aromatic carbocycles. The van der Waals surface area contributed by atoms with Gasteiger partial charge in [0.25, 0.3) is 0 Å². The minimum absolute atomic E-state index is 0.0101. The first-order valence-corrected chi connectivity index (χ1v) is 10.8. The topological polar surface area (TPSA) is 29.5 Å². The Kier molecular flexibility index (Phi) is 6.00. The predicted molar refractivity (Wildman–Crippen MR) is 112 cm³/mol. The van der Waals surface area contributed by atoms with Crippen molar-refractivity contribution in [3.63, 3.8) is 0 Å². The highest BCUT2D eigenvalue weighted by Gasteiger charge is 2.40. The Morgan fingerprint density at radius 3 is 2.48 bits per heavy atom. The third kappa shape index (κ3) is 4.39. The molecular formula is C24H37NO2. The number of hydrogen-bond acceptors (Lipinski definition) is 2. The molecular weight excluding hydrogens is 334 g/mol. The number of amides is 1. The second-order valence-electron chi connectivity index (χ2n) is 10.0. The third-order valence-electron chi connectivity index (χ3n) is 6.43. The summed E-state index contributed by atoms with van der Waals surface area (Å²) in [5.41, 5.74) is 2.23. The van der Waals surface area contributed by atoms with Crippen LogP contribution in [-0.4, -0.2) is 18.2 Å². The van der Waals surface area contributed by atoms with E-state index in [0.717, 1.165) is 18.5 Å². The molecule has 0 bridgehead atoms. The number of ether oxygens (including phenoxy) is 1. The molecule has 4 atom stereocenters. The number of benzene rings is 1. The predicted octanol–water partition coefficient (Wildman–Crippen LogP) is 5.91. The maximum atomic E-state index is 12.8. The minimum Gasteiger partial charge on any atom is -0.354 e. The lowest BCUT2D eigenvalue weighted by molar-refractivity contribution is -0.119. The zero-order chi connectivity index (χ0) is 19.8. The number of carbonyl (C=O) groups is 1. The Hall–Kier alpha value is -1.35. The summed E-state index contributed by atoms with van der Waals surface area (Å²) < 4.78 is 6.71. The standard InChI is InChI=1S/C24H37NO2/c1-16(2)18-12-11-17(3)15-21(18)27-23-14-13-22(26)25(23)20-10-8-7-9-19(20)24(4,5)6/h7-10,16-18,21,23H,11-15H2,1-6H3/t17-,18+,21-,23+/m1/s1. The van der Waals surface area contributed by atoms with Gasteiger partial charge in [0.15, 0.2) is 0 Å². The molecule has 0 unspecified atom stereocenters. The maximum absolute atomic E-state index is 12.8. The van der Waals surface area contributed by atoms with E-state index in [0.29, 0.717) is 24.2 Å². The average molecular weight is 372 g/mol. The Morgan fingerprint density at radius 1 is 1.11 bits per heavy atom. The van der Waals surface area contributed by atoms with Crippen molar-refractivity contribution in [3.05, 3.63) is 29.8 Å². The van der Waals surface area contributed by atoms with Gasteiger partial charge in [-0.1, -0.05) is 66.2 Å². The van der Waals surface area contributed by atoms with Crippen LogP contribution in [0.5, 0.6) is 0 Å². The largest absolute Gasteiger partial charge is 0.354 e. The van der Waals surface area contributed by atoms with Crippen LogP contribution in [0.15, 0.2) is 24.3 Å². The number of nitrogens with zero attached hydrogens (tertiary/aromatic N) is 1. The SMILES string of the molecule is CC(C)[C@@H]1CC[C@@H](C)C[C@H]1O[C@H]1CCC(=O)N1c1ccccc1C(C)(C)C. The average Bonchev–Trinajstić information content (AvgIpc) is 2.94. The lowest BCUT2D eigenvalue weighted by atomic mass is 9.75. The van der Waals surface area contributed by atoms with Crippen molar-refractivity contribution >= 4 is 11.6 Å². The molecule has 1 heterocycles. The van der Waals surface area contributed by atoms with E-state index < -0.39 is 0 Å². The second kappa shape index (κ2) is 7.95. The van der Waals surface area contributed by atoms with Gasteiger partial charge in [0.1, 0.15) is 6.23 Å². The summed E-state index contributed by atoms with van der Waals surface area (Å²) in [4.78, 5) is 14.8. The lowest BCUT2D eigenvalue weighted by Gasteiger charge is -2.40. The van der Waals surface area contributed by atoms with E-state index in [2.05, 4.69) is 59.7 Å². The van der Waals surface area contributed by atoms with Crippen LogP contribution in [0.4, 0.5) is 5.69 Å².